The van der Waals surface area contributed by atoms with Gasteiger partial charge in [-0.3, -0.25) is 14.4 Å². The van der Waals surface area contributed by atoms with Gasteiger partial charge in [-0.25, -0.2) is 4.98 Å². The first-order chi connectivity index (χ1) is 18.8. The molecular formula is C28H29F2N3O5S. The van der Waals surface area contributed by atoms with Crippen molar-refractivity contribution in [2.24, 2.45) is 0 Å². The van der Waals surface area contributed by atoms with E-state index in [4.69, 9.17) is 4.74 Å². The Labute approximate surface area is 228 Å². The Bertz CT molecular complexity index is 1270. The molecule has 2 aromatic carbocycles. The highest BCUT2D eigenvalue weighted by Gasteiger charge is 2.26. The molecule has 1 fully saturated rings. The van der Waals surface area contributed by atoms with Crippen LogP contribution in [0.5, 0.6) is 11.5 Å². The van der Waals surface area contributed by atoms with Crippen molar-refractivity contribution in [3.8, 4) is 11.5 Å². The number of alkyl halides is 2. The lowest BCUT2D eigenvalue weighted by atomic mass is 9.97. The molecule has 8 nitrogen and oxygen atoms in total. The van der Waals surface area contributed by atoms with E-state index in [0.29, 0.717) is 30.1 Å². The van der Waals surface area contributed by atoms with Crippen molar-refractivity contribution in [1.29, 1.82) is 0 Å². The first kappa shape index (κ1) is 28.2. The van der Waals surface area contributed by atoms with E-state index in [1.165, 1.54) is 23.5 Å². The number of nitrogens with one attached hydrogen (secondary N) is 1. The largest absolute Gasteiger partial charge is 0.497 e. The number of ether oxygens (including phenoxy) is 2. The second kappa shape index (κ2) is 13.3. The third-order valence-electron chi connectivity index (χ3n) is 6.53. The minimum absolute atomic E-state index is 0.0386. The molecule has 2 amide bonds. The zero-order valence-corrected chi connectivity index (χ0v) is 22.2. The number of nitrogens with zero attached hydrogens (tertiary/aromatic N) is 2. The monoisotopic (exact) mass is 557 g/mol. The van der Waals surface area contributed by atoms with E-state index >= 15 is 0 Å². The molecule has 1 aliphatic rings. The number of carbonyl (C=O) groups excluding carboxylic acids is 3. The highest BCUT2D eigenvalue weighted by molar-refractivity contribution is 7.09. The van der Waals surface area contributed by atoms with Crippen molar-refractivity contribution < 1.29 is 32.6 Å². The van der Waals surface area contributed by atoms with Crippen LogP contribution in [-0.4, -0.2) is 54.3 Å². The van der Waals surface area contributed by atoms with Gasteiger partial charge >= 0.3 is 6.61 Å². The number of aromatic nitrogens is 1. The third-order valence-corrected chi connectivity index (χ3v) is 7.54. The molecule has 0 radical (unpaired) electrons. The number of halogens is 2. The van der Waals surface area contributed by atoms with Gasteiger partial charge in [0.15, 0.2) is 5.78 Å². The van der Waals surface area contributed by atoms with Gasteiger partial charge in [-0.05, 0) is 54.8 Å². The topological polar surface area (TPSA) is 97.8 Å². The number of methoxy groups -OCH3 is 1. The number of benzene rings is 2. The quantitative estimate of drug-likeness (QED) is 0.332. The van der Waals surface area contributed by atoms with Crippen LogP contribution < -0.4 is 14.8 Å². The number of hydrogen-bond acceptors (Lipinski definition) is 7. The van der Waals surface area contributed by atoms with Crippen LogP contribution in [0.1, 0.15) is 63.0 Å². The van der Waals surface area contributed by atoms with Crippen LogP contribution in [-0.2, 0) is 11.3 Å². The average Bonchev–Trinajstić information content (AvgIpc) is 3.46. The maximum Gasteiger partial charge on any atom is 0.387 e. The van der Waals surface area contributed by atoms with Crippen LogP contribution in [0.4, 0.5) is 8.78 Å². The molecule has 2 heterocycles. The Balaban J connectivity index is 1.20. The lowest BCUT2D eigenvalue weighted by Gasteiger charge is -2.31. The number of Topliss-reactive ketones (excluding diaryl/α,β-unsaturated/α-hetero) is 1. The van der Waals surface area contributed by atoms with Crippen LogP contribution in [0.3, 0.4) is 0 Å². The molecule has 3 aromatic rings. The molecule has 206 valence electrons. The Morgan fingerprint density at radius 1 is 1.03 bits per heavy atom. The van der Waals surface area contributed by atoms with Crippen LogP contribution in [0.15, 0.2) is 53.9 Å². The number of piperidine rings is 1. The number of carbonyl (C=O) groups is 3. The van der Waals surface area contributed by atoms with Crippen molar-refractivity contribution in [3.05, 3.63) is 75.7 Å². The summed E-state index contributed by atoms with van der Waals surface area (Å²) in [5.74, 6) is 0.449. The summed E-state index contributed by atoms with van der Waals surface area (Å²) in [6.45, 7) is -1.51. The molecular weight excluding hydrogens is 528 g/mol. The molecule has 0 unspecified atom stereocenters. The normalized spacial score (nSPS) is 13.8. The molecule has 1 aromatic heterocycles. The molecule has 0 aliphatic carbocycles. The van der Waals surface area contributed by atoms with E-state index in [0.717, 1.165) is 23.4 Å². The van der Waals surface area contributed by atoms with Gasteiger partial charge in [0.05, 0.1) is 12.1 Å². The Morgan fingerprint density at radius 3 is 2.33 bits per heavy atom. The molecule has 1 saturated heterocycles. The minimum atomic E-state index is -2.89. The average molecular weight is 558 g/mol. The highest BCUT2D eigenvalue weighted by atomic mass is 32.1. The first-order valence-electron chi connectivity index (χ1n) is 12.5. The van der Waals surface area contributed by atoms with Gasteiger partial charge in [-0.2, -0.15) is 8.78 Å². The molecule has 1 N–H and O–H groups in total. The van der Waals surface area contributed by atoms with Gasteiger partial charge in [0.25, 0.3) is 5.91 Å². The zero-order valence-electron chi connectivity index (χ0n) is 21.4. The van der Waals surface area contributed by atoms with Gasteiger partial charge in [0.2, 0.25) is 5.91 Å². The lowest BCUT2D eigenvalue weighted by molar-refractivity contribution is -0.132. The number of ketones is 1. The van der Waals surface area contributed by atoms with E-state index in [2.05, 4.69) is 15.0 Å². The van der Waals surface area contributed by atoms with Crippen molar-refractivity contribution in [1.82, 2.24) is 15.2 Å². The lowest BCUT2D eigenvalue weighted by Crippen LogP contribution is -2.38. The fourth-order valence-corrected chi connectivity index (χ4v) is 5.29. The van der Waals surface area contributed by atoms with Crippen LogP contribution >= 0.6 is 11.3 Å². The minimum Gasteiger partial charge on any atom is -0.497 e. The van der Waals surface area contributed by atoms with Gasteiger partial charge in [0, 0.05) is 49.3 Å². The van der Waals surface area contributed by atoms with Gasteiger partial charge in [-0.15, -0.1) is 11.3 Å². The predicted octanol–water partition coefficient (Wildman–Crippen LogP) is 5.05. The number of amides is 2. The number of likely N-dealkylation sites (tertiary alicyclic amines) is 1. The molecule has 0 saturated carbocycles. The second-order valence-electron chi connectivity index (χ2n) is 9.08. The van der Waals surface area contributed by atoms with Gasteiger partial charge in [-0.1, -0.05) is 12.1 Å². The van der Waals surface area contributed by atoms with E-state index in [9.17, 15) is 23.2 Å². The summed E-state index contributed by atoms with van der Waals surface area (Å²) in [5, 5.41) is 5.36. The molecule has 0 bridgehead atoms. The van der Waals surface area contributed by atoms with Crippen LogP contribution in [0, 0.1) is 0 Å². The first-order valence-corrected chi connectivity index (χ1v) is 13.4. The predicted molar refractivity (Wildman–Crippen MR) is 141 cm³/mol. The Hall–Kier alpha value is -3.86. The molecule has 1 aliphatic heterocycles. The van der Waals surface area contributed by atoms with Crippen molar-refractivity contribution in [3.63, 3.8) is 0 Å². The Kier molecular flexibility index (Phi) is 9.59. The fourth-order valence-electron chi connectivity index (χ4n) is 4.32. The summed E-state index contributed by atoms with van der Waals surface area (Å²) in [6.07, 6.45) is 1.79. The summed E-state index contributed by atoms with van der Waals surface area (Å²) in [7, 11) is 1.56. The van der Waals surface area contributed by atoms with Crippen LogP contribution in [0.2, 0.25) is 0 Å². The second-order valence-corrected chi connectivity index (χ2v) is 9.97. The summed E-state index contributed by atoms with van der Waals surface area (Å²) in [4.78, 5) is 43.9. The van der Waals surface area contributed by atoms with E-state index in [1.54, 1.807) is 53.8 Å². The highest BCUT2D eigenvalue weighted by Crippen LogP contribution is 2.30. The fraction of sp³-hybridized carbons (Fsp3) is 0.357. The summed E-state index contributed by atoms with van der Waals surface area (Å²) < 4.78 is 34.0. The van der Waals surface area contributed by atoms with E-state index in [-0.39, 0.29) is 48.7 Å². The molecule has 0 spiro atoms. The number of thiazole rings is 1. The molecule has 11 heteroatoms. The SMILES string of the molecule is COc1ccc(C(=O)CCC(=O)N2CCC(c3nc(C(=O)NCc4ccc(OC(F)F)cc4)cs3)CC2)cc1. The molecule has 4 rings (SSSR count). The maximum absolute atomic E-state index is 12.7. The Morgan fingerprint density at radius 2 is 1.69 bits per heavy atom. The van der Waals surface area contributed by atoms with Crippen LogP contribution in [0.25, 0.3) is 0 Å². The van der Waals surface area contributed by atoms with Crippen molar-refractivity contribution in [2.75, 3.05) is 20.2 Å². The number of hydrogen-bond donors (Lipinski definition) is 1. The van der Waals surface area contributed by atoms with Crippen molar-refractivity contribution in [2.45, 2.75) is 44.8 Å². The molecule has 39 heavy (non-hydrogen) atoms. The van der Waals surface area contributed by atoms with Crippen molar-refractivity contribution >= 4 is 28.9 Å². The summed E-state index contributed by atoms with van der Waals surface area (Å²) in [5.41, 5.74) is 1.62. The number of rotatable bonds is 11. The van der Waals surface area contributed by atoms with E-state index in [1.807, 2.05) is 0 Å². The smallest absolute Gasteiger partial charge is 0.387 e. The third kappa shape index (κ3) is 7.82. The van der Waals surface area contributed by atoms with Gasteiger partial charge < -0.3 is 19.7 Å². The standard InChI is InChI=1S/C28H29F2N3O5S/c1-37-21-8-4-19(5-9-21)24(34)10-11-25(35)33-14-12-20(13-15-33)27-32-23(17-39-27)26(36)31-16-18-2-6-22(7-3-18)38-28(29)30/h2-9,17,20,28H,10-16H2,1H3,(H,31,36). The van der Waals surface area contributed by atoms with E-state index < -0.39 is 6.61 Å². The molecule has 0 atom stereocenters. The summed E-state index contributed by atoms with van der Waals surface area (Å²) >= 11 is 1.42. The summed E-state index contributed by atoms with van der Waals surface area (Å²) in [6, 6.07) is 12.9. The van der Waals surface area contributed by atoms with Gasteiger partial charge in [0.1, 0.15) is 17.2 Å². The zero-order chi connectivity index (χ0) is 27.8. The maximum atomic E-state index is 12.7.